The molecule has 2 unspecified atom stereocenters. The van der Waals surface area contributed by atoms with Gasteiger partial charge in [-0.2, -0.15) is 18.3 Å². The number of fused-ring (bicyclic) bond motifs is 1. The van der Waals surface area contributed by atoms with Gasteiger partial charge in [0, 0.05) is 18.4 Å². The molecule has 0 aliphatic heterocycles. The molecule has 2 heterocycles. The molecule has 1 fully saturated rings. The van der Waals surface area contributed by atoms with Crippen LogP contribution in [0.2, 0.25) is 0 Å². The van der Waals surface area contributed by atoms with Gasteiger partial charge in [0.05, 0.1) is 23.1 Å². The van der Waals surface area contributed by atoms with Crippen LogP contribution in [0, 0.1) is 12.8 Å². The number of carbonyl (C=O) groups excluding carboxylic acids is 1. The van der Waals surface area contributed by atoms with Crippen LogP contribution in [-0.2, 0) is 18.0 Å². The number of rotatable bonds is 3. The third-order valence-electron chi connectivity index (χ3n) is 4.92. The average Bonchev–Trinajstić information content (AvgIpc) is 3.36. The van der Waals surface area contributed by atoms with E-state index in [0.717, 1.165) is 17.1 Å². The molecule has 2 aromatic heterocycles. The molecule has 4 rings (SSSR count). The van der Waals surface area contributed by atoms with E-state index >= 15 is 0 Å². The summed E-state index contributed by atoms with van der Waals surface area (Å²) < 4.78 is 41.2. The summed E-state index contributed by atoms with van der Waals surface area (Å²) in [5.74, 6) is -1.18. The highest BCUT2D eigenvalue weighted by Gasteiger charge is 2.47. The number of pyridine rings is 1. The second kappa shape index (κ2) is 6.07. The number of hydrogen-bond acceptors (Lipinski definition) is 3. The van der Waals surface area contributed by atoms with Gasteiger partial charge in [-0.05, 0) is 37.0 Å². The summed E-state index contributed by atoms with van der Waals surface area (Å²) in [5.41, 5.74) is 1.52. The lowest BCUT2D eigenvalue weighted by atomic mass is 10.0. The highest BCUT2D eigenvalue weighted by molar-refractivity contribution is 5.96. The second-order valence-electron chi connectivity index (χ2n) is 6.83. The van der Waals surface area contributed by atoms with E-state index in [9.17, 15) is 18.0 Å². The minimum Gasteiger partial charge on any atom is -0.324 e. The molecule has 27 heavy (non-hydrogen) atoms. The highest BCUT2D eigenvalue weighted by Crippen LogP contribution is 2.51. The van der Waals surface area contributed by atoms with E-state index in [1.165, 1.54) is 18.3 Å². The molecule has 3 aromatic rings. The molecule has 1 aliphatic rings. The Morgan fingerprint density at radius 3 is 2.78 bits per heavy atom. The lowest BCUT2D eigenvalue weighted by molar-refractivity contribution is -0.138. The Balaban J connectivity index is 1.52. The number of anilines is 1. The number of carbonyl (C=O) groups is 1. The van der Waals surface area contributed by atoms with Crippen LogP contribution in [0.15, 0.2) is 36.5 Å². The Morgan fingerprint density at radius 1 is 1.30 bits per heavy atom. The van der Waals surface area contributed by atoms with Crippen LogP contribution < -0.4 is 5.32 Å². The molecule has 0 spiro atoms. The van der Waals surface area contributed by atoms with Crippen molar-refractivity contribution >= 4 is 22.6 Å². The Labute approximate surface area is 153 Å². The molecule has 1 aromatic carbocycles. The quantitative estimate of drug-likeness (QED) is 0.753. The Morgan fingerprint density at radius 2 is 2.04 bits per heavy atom. The minimum atomic E-state index is -4.42. The first-order chi connectivity index (χ1) is 12.8. The normalized spacial score (nSPS) is 19.3. The van der Waals surface area contributed by atoms with Gasteiger partial charge < -0.3 is 5.32 Å². The van der Waals surface area contributed by atoms with E-state index in [4.69, 9.17) is 0 Å². The number of hydrogen-bond donors (Lipinski definition) is 1. The standard InChI is InChI=1S/C19H17F3N4O/c1-10-13-7-11(9-23-17(13)26(2)25-10)24-18(27)15-8-14(15)12-5-3-4-6-16(12)19(20,21)22/h3-7,9,14-15H,8H2,1-2H3,(H,24,27). The molecule has 5 nitrogen and oxygen atoms in total. The van der Waals surface area contributed by atoms with Crippen molar-refractivity contribution in [3.05, 3.63) is 53.3 Å². The summed E-state index contributed by atoms with van der Waals surface area (Å²) in [5, 5.41) is 7.87. The molecule has 1 amide bonds. The van der Waals surface area contributed by atoms with E-state index in [0.29, 0.717) is 17.8 Å². The first-order valence-corrected chi connectivity index (χ1v) is 8.52. The minimum absolute atomic E-state index is 0.182. The predicted molar refractivity (Wildman–Crippen MR) is 94.2 cm³/mol. The number of nitrogens with zero attached hydrogens (tertiary/aromatic N) is 3. The molecule has 2 atom stereocenters. The van der Waals surface area contributed by atoms with Crippen LogP contribution in [0.5, 0.6) is 0 Å². The third-order valence-corrected chi connectivity index (χ3v) is 4.92. The van der Waals surface area contributed by atoms with Gasteiger partial charge in [0.2, 0.25) is 5.91 Å². The fourth-order valence-electron chi connectivity index (χ4n) is 3.52. The molecule has 0 saturated heterocycles. The maximum Gasteiger partial charge on any atom is 0.416 e. The van der Waals surface area contributed by atoms with Crippen LogP contribution in [0.1, 0.15) is 29.2 Å². The molecule has 0 radical (unpaired) electrons. The molecular formula is C19H17F3N4O. The van der Waals surface area contributed by atoms with E-state index in [1.54, 1.807) is 23.9 Å². The van der Waals surface area contributed by atoms with Crippen molar-refractivity contribution in [3.63, 3.8) is 0 Å². The first-order valence-electron chi connectivity index (χ1n) is 8.52. The van der Waals surface area contributed by atoms with Crippen molar-refractivity contribution in [1.82, 2.24) is 14.8 Å². The summed E-state index contributed by atoms with van der Waals surface area (Å²) in [6.45, 7) is 1.85. The first kappa shape index (κ1) is 17.5. The van der Waals surface area contributed by atoms with Crippen molar-refractivity contribution < 1.29 is 18.0 Å². The van der Waals surface area contributed by atoms with Gasteiger partial charge in [0.15, 0.2) is 5.65 Å². The molecule has 140 valence electrons. The van der Waals surface area contributed by atoms with Crippen LogP contribution in [0.4, 0.5) is 18.9 Å². The maximum absolute atomic E-state index is 13.2. The zero-order chi connectivity index (χ0) is 19.3. The maximum atomic E-state index is 13.2. The topological polar surface area (TPSA) is 59.8 Å². The average molecular weight is 374 g/mol. The number of aromatic nitrogens is 3. The molecule has 8 heteroatoms. The number of aryl methyl sites for hydroxylation is 2. The number of halogens is 3. The van der Waals surface area contributed by atoms with E-state index < -0.39 is 23.6 Å². The van der Waals surface area contributed by atoms with E-state index in [2.05, 4.69) is 15.4 Å². The smallest absolute Gasteiger partial charge is 0.324 e. The van der Waals surface area contributed by atoms with Crippen LogP contribution >= 0.6 is 0 Å². The van der Waals surface area contributed by atoms with Gasteiger partial charge in [-0.3, -0.25) is 9.48 Å². The fraction of sp³-hybridized carbons (Fsp3) is 0.316. The van der Waals surface area contributed by atoms with Gasteiger partial charge >= 0.3 is 6.18 Å². The Hall–Kier alpha value is -2.90. The van der Waals surface area contributed by atoms with Crippen molar-refractivity contribution in [2.45, 2.75) is 25.4 Å². The van der Waals surface area contributed by atoms with Gasteiger partial charge in [-0.1, -0.05) is 18.2 Å². The summed E-state index contributed by atoms with van der Waals surface area (Å²) in [4.78, 5) is 16.8. The second-order valence-corrected chi connectivity index (χ2v) is 6.83. The molecule has 1 aliphatic carbocycles. The lowest BCUT2D eigenvalue weighted by Gasteiger charge is -2.12. The molecule has 1 saturated carbocycles. The van der Waals surface area contributed by atoms with Gasteiger partial charge in [-0.25, -0.2) is 4.98 Å². The zero-order valence-electron chi connectivity index (χ0n) is 14.7. The Kier molecular flexibility index (Phi) is 3.94. The van der Waals surface area contributed by atoms with Crippen molar-refractivity contribution in [3.8, 4) is 0 Å². The van der Waals surface area contributed by atoms with E-state index in [-0.39, 0.29) is 11.5 Å². The van der Waals surface area contributed by atoms with Gasteiger partial charge in [0.25, 0.3) is 0 Å². The summed E-state index contributed by atoms with van der Waals surface area (Å²) in [7, 11) is 1.79. The van der Waals surface area contributed by atoms with Gasteiger partial charge in [0.1, 0.15) is 0 Å². The lowest BCUT2D eigenvalue weighted by Crippen LogP contribution is -2.16. The number of nitrogens with one attached hydrogen (secondary N) is 1. The van der Waals surface area contributed by atoms with Crippen molar-refractivity contribution in [1.29, 1.82) is 0 Å². The number of benzene rings is 1. The molecule has 1 N–H and O–H groups in total. The number of alkyl halides is 3. The SMILES string of the molecule is Cc1nn(C)c2ncc(NC(=O)C3CC3c3ccccc3C(F)(F)F)cc12. The predicted octanol–water partition coefficient (Wildman–Crippen LogP) is 4.04. The Bertz CT molecular complexity index is 1040. The molecule has 0 bridgehead atoms. The van der Waals surface area contributed by atoms with E-state index in [1.807, 2.05) is 6.92 Å². The zero-order valence-corrected chi connectivity index (χ0v) is 14.7. The summed E-state index contributed by atoms with van der Waals surface area (Å²) in [6.07, 6.45) is -2.49. The van der Waals surface area contributed by atoms with Crippen LogP contribution in [0.25, 0.3) is 11.0 Å². The summed E-state index contributed by atoms with van der Waals surface area (Å²) in [6, 6.07) is 7.23. The van der Waals surface area contributed by atoms with Crippen molar-refractivity contribution in [2.75, 3.05) is 5.32 Å². The highest BCUT2D eigenvalue weighted by atomic mass is 19.4. The monoisotopic (exact) mass is 374 g/mol. The van der Waals surface area contributed by atoms with Crippen molar-refractivity contribution in [2.24, 2.45) is 13.0 Å². The third kappa shape index (κ3) is 3.15. The fourth-order valence-corrected chi connectivity index (χ4v) is 3.52. The molecular weight excluding hydrogens is 357 g/mol. The largest absolute Gasteiger partial charge is 0.416 e. The van der Waals surface area contributed by atoms with Gasteiger partial charge in [-0.15, -0.1) is 0 Å². The van der Waals surface area contributed by atoms with Crippen LogP contribution in [0.3, 0.4) is 0 Å². The van der Waals surface area contributed by atoms with Crippen LogP contribution in [-0.4, -0.2) is 20.7 Å². The number of amides is 1. The summed E-state index contributed by atoms with van der Waals surface area (Å²) >= 11 is 0.